The van der Waals surface area contributed by atoms with Gasteiger partial charge in [0.1, 0.15) is 18.1 Å². The Balaban J connectivity index is 2.08. The van der Waals surface area contributed by atoms with E-state index in [9.17, 15) is 19.2 Å². The molecule has 2 heterocycles. The van der Waals surface area contributed by atoms with Crippen molar-refractivity contribution in [3.05, 3.63) is 18.2 Å². The summed E-state index contributed by atoms with van der Waals surface area (Å²) >= 11 is 0. The molecule has 0 spiro atoms. The van der Waals surface area contributed by atoms with Gasteiger partial charge >= 0.3 is 5.97 Å². The first kappa shape index (κ1) is 25.3. The van der Waals surface area contributed by atoms with Crippen LogP contribution in [0, 0.1) is 5.92 Å². The summed E-state index contributed by atoms with van der Waals surface area (Å²) in [4.78, 5) is 57.7. The summed E-state index contributed by atoms with van der Waals surface area (Å²) in [6, 6.07) is -4.10. The lowest BCUT2D eigenvalue weighted by atomic mass is 10.0. The lowest BCUT2D eigenvalue weighted by molar-refractivity contribution is -0.145. The molecular formula is C20H32N6O6. The van der Waals surface area contributed by atoms with Gasteiger partial charge < -0.3 is 36.5 Å². The fourth-order valence-corrected chi connectivity index (χ4v) is 3.65. The Kier molecular flexibility index (Phi) is 9.14. The van der Waals surface area contributed by atoms with Gasteiger partial charge in [0.25, 0.3) is 0 Å². The lowest BCUT2D eigenvalue weighted by Crippen LogP contribution is -2.57. The molecule has 1 aromatic heterocycles. The Morgan fingerprint density at radius 3 is 2.56 bits per heavy atom. The van der Waals surface area contributed by atoms with Crippen molar-refractivity contribution < 1.29 is 29.4 Å². The number of nitrogens with two attached hydrogens (primary N) is 1. The Bertz CT molecular complexity index is 799. The van der Waals surface area contributed by atoms with E-state index in [2.05, 4.69) is 20.6 Å². The molecule has 178 valence electrons. The minimum Gasteiger partial charge on any atom is -0.480 e. The van der Waals surface area contributed by atoms with E-state index < -0.39 is 54.5 Å². The largest absolute Gasteiger partial charge is 0.480 e. The van der Waals surface area contributed by atoms with Gasteiger partial charge in [-0.15, -0.1) is 0 Å². The zero-order chi connectivity index (χ0) is 23.8. The van der Waals surface area contributed by atoms with E-state index in [1.165, 1.54) is 11.2 Å². The highest BCUT2D eigenvalue weighted by molar-refractivity contribution is 5.94. The lowest BCUT2D eigenvalue weighted by Gasteiger charge is -2.30. The number of carbonyl (C=O) groups is 4. The average Bonchev–Trinajstić information content (AvgIpc) is 3.42. The van der Waals surface area contributed by atoms with Crippen molar-refractivity contribution in [3.8, 4) is 0 Å². The maximum Gasteiger partial charge on any atom is 0.328 e. The second-order valence-corrected chi connectivity index (χ2v) is 8.35. The molecule has 1 saturated heterocycles. The van der Waals surface area contributed by atoms with Crippen LogP contribution in [0.25, 0.3) is 0 Å². The molecule has 4 unspecified atom stereocenters. The van der Waals surface area contributed by atoms with Crippen LogP contribution in [-0.2, 0) is 25.6 Å². The fraction of sp³-hybridized carbons (Fsp3) is 0.650. The third-order valence-corrected chi connectivity index (χ3v) is 5.29. The number of hydrogen-bond donors (Lipinski definition) is 6. The number of nitrogens with one attached hydrogen (secondary N) is 3. The monoisotopic (exact) mass is 452 g/mol. The Hall–Kier alpha value is -2.99. The van der Waals surface area contributed by atoms with Crippen LogP contribution < -0.4 is 16.4 Å². The van der Waals surface area contributed by atoms with Gasteiger partial charge in [-0.3, -0.25) is 14.4 Å². The molecule has 1 aromatic rings. The SMILES string of the molecule is CC(C)CC(NC(=O)C(N)Cc1cnc[nH]1)C(=O)N1CCCC1C(=O)NC(CO)C(=O)O. The van der Waals surface area contributed by atoms with Crippen molar-refractivity contribution in [3.63, 3.8) is 0 Å². The van der Waals surface area contributed by atoms with E-state index in [0.29, 0.717) is 31.5 Å². The molecule has 12 nitrogen and oxygen atoms in total. The number of likely N-dealkylation sites (tertiary alicyclic amines) is 1. The van der Waals surface area contributed by atoms with E-state index in [1.54, 1.807) is 6.20 Å². The van der Waals surface area contributed by atoms with Gasteiger partial charge in [0.05, 0.1) is 19.0 Å². The van der Waals surface area contributed by atoms with E-state index in [4.69, 9.17) is 15.9 Å². The van der Waals surface area contributed by atoms with Gasteiger partial charge in [0, 0.05) is 24.9 Å². The van der Waals surface area contributed by atoms with Gasteiger partial charge in [0.2, 0.25) is 17.7 Å². The smallest absolute Gasteiger partial charge is 0.328 e. The zero-order valence-electron chi connectivity index (χ0n) is 18.3. The first-order chi connectivity index (χ1) is 15.1. The zero-order valence-corrected chi connectivity index (χ0v) is 18.3. The number of aromatic amines is 1. The minimum atomic E-state index is -1.45. The first-order valence-corrected chi connectivity index (χ1v) is 10.6. The number of aliphatic carboxylic acids is 1. The highest BCUT2D eigenvalue weighted by Crippen LogP contribution is 2.21. The van der Waals surface area contributed by atoms with Crippen molar-refractivity contribution >= 4 is 23.7 Å². The maximum atomic E-state index is 13.3. The van der Waals surface area contributed by atoms with E-state index in [0.717, 1.165) is 0 Å². The van der Waals surface area contributed by atoms with Crippen molar-refractivity contribution in [2.45, 2.75) is 63.7 Å². The standard InChI is InChI=1S/C20H32N6O6/c1-11(2)6-14(24-17(28)13(21)7-12-8-22-10-23-12)19(30)26-5-3-4-16(26)18(29)25-15(9-27)20(31)32/h8,10-11,13-16,27H,3-7,9,21H2,1-2H3,(H,22,23)(H,24,28)(H,25,29)(H,31,32). The molecule has 0 saturated carbocycles. The number of carboxylic acid groups (broad SMARTS) is 1. The topological polar surface area (TPSA) is 191 Å². The molecule has 7 N–H and O–H groups in total. The third-order valence-electron chi connectivity index (χ3n) is 5.29. The molecule has 32 heavy (non-hydrogen) atoms. The Morgan fingerprint density at radius 2 is 2.00 bits per heavy atom. The van der Waals surface area contributed by atoms with Crippen LogP contribution in [0.4, 0.5) is 0 Å². The summed E-state index contributed by atoms with van der Waals surface area (Å²) < 4.78 is 0. The minimum absolute atomic E-state index is 0.0775. The predicted molar refractivity (Wildman–Crippen MR) is 113 cm³/mol. The Morgan fingerprint density at radius 1 is 1.28 bits per heavy atom. The van der Waals surface area contributed by atoms with E-state index in [-0.39, 0.29) is 12.3 Å². The van der Waals surface area contributed by atoms with Crippen LogP contribution in [-0.4, -0.2) is 86.1 Å². The Labute approximate surface area is 185 Å². The molecule has 3 amide bonds. The second-order valence-electron chi connectivity index (χ2n) is 8.35. The molecule has 2 rings (SSSR count). The predicted octanol–water partition coefficient (Wildman–Crippen LogP) is -1.64. The highest BCUT2D eigenvalue weighted by atomic mass is 16.4. The third kappa shape index (κ3) is 6.76. The number of aliphatic hydroxyl groups excluding tert-OH is 1. The van der Waals surface area contributed by atoms with Crippen LogP contribution in [0.5, 0.6) is 0 Å². The number of aliphatic hydroxyl groups is 1. The van der Waals surface area contributed by atoms with E-state index in [1.807, 2.05) is 13.8 Å². The van der Waals surface area contributed by atoms with Gasteiger partial charge in [-0.05, 0) is 25.2 Å². The molecule has 1 fully saturated rings. The van der Waals surface area contributed by atoms with Gasteiger partial charge in [0.15, 0.2) is 0 Å². The average molecular weight is 453 g/mol. The number of nitrogens with zero attached hydrogens (tertiary/aromatic N) is 2. The summed E-state index contributed by atoms with van der Waals surface area (Å²) in [6.45, 7) is 3.36. The molecular weight excluding hydrogens is 420 g/mol. The summed E-state index contributed by atoms with van der Waals surface area (Å²) in [5.74, 6) is -2.86. The number of carbonyl (C=O) groups excluding carboxylic acids is 3. The van der Waals surface area contributed by atoms with Gasteiger partial charge in [-0.1, -0.05) is 13.8 Å². The number of H-pyrrole nitrogens is 1. The van der Waals surface area contributed by atoms with Gasteiger partial charge in [-0.2, -0.15) is 0 Å². The number of carboxylic acids is 1. The van der Waals surface area contributed by atoms with Crippen molar-refractivity contribution in [2.24, 2.45) is 11.7 Å². The number of rotatable bonds is 11. The first-order valence-electron chi connectivity index (χ1n) is 10.6. The van der Waals surface area contributed by atoms with Crippen molar-refractivity contribution in [2.75, 3.05) is 13.2 Å². The number of aromatic nitrogens is 2. The van der Waals surface area contributed by atoms with Crippen molar-refractivity contribution in [1.29, 1.82) is 0 Å². The summed E-state index contributed by atoms with van der Waals surface area (Å²) in [6.07, 6.45) is 4.53. The molecule has 0 aliphatic carbocycles. The second kappa shape index (κ2) is 11.6. The summed E-state index contributed by atoms with van der Waals surface area (Å²) in [5.41, 5.74) is 6.67. The molecule has 4 atom stereocenters. The van der Waals surface area contributed by atoms with Gasteiger partial charge in [-0.25, -0.2) is 9.78 Å². The molecule has 1 aliphatic rings. The normalized spacial score (nSPS) is 18.8. The number of hydrogen-bond acceptors (Lipinski definition) is 7. The highest BCUT2D eigenvalue weighted by Gasteiger charge is 2.39. The van der Waals surface area contributed by atoms with Crippen LogP contribution in [0.2, 0.25) is 0 Å². The fourth-order valence-electron chi connectivity index (χ4n) is 3.65. The molecule has 12 heteroatoms. The maximum absolute atomic E-state index is 13.3. The summed E-state index contributed by atoms with van der Waals surface area (Å²) in [7, 11) is 0. The van der Waals surface area contributed by atoms with Crippen molar-refractivity contribution in [1.82, 2.24) is 25.5 Å². The summed E-state index contributed by atoms with van der Waals surface area (Å²) in [5, 5.41) is 23.2. The van der Waals surface area contributed by atoms with Crippen LogP contribution in [0.15, 0.2) is 12.5 Å². The molecule has 0 radical (unpaired) electrons. The number of imidazole rings is 1. The number of amides is 3. The van der Waals surface area contributed by atoms with E-state index >= 15 is 0 Å². The quantitative estimate of drug-likeness (QED) is 0.230. The molecule has 0 aromatic carbocycles. The van der Waals surface area contributed by atoms with Crippen LogP contribution in [0.3, 0.4) is 0 Å². The molecule has 0 bridgehead atoms. The van der Waals surface area contributed by atoms with Crippen LogP contribution in [0.1, 0.15) is 38.8 Å². The molecule has 1 aliphatic heterocycles. The van der Waals surface area contributed by atoms with Crippen LogP contribution >= 0.6 is 0 Å².